The number of hydrogen-bond donors (Lipinski definition) is 3. The summed E-state index contributed by atoms with van der Waals surface area (Å²) in [4.78, 5) is 34.0. The minimum absolute atomic E-state index is 0.0736. The molecule has 3 heterocycles. The van der Waals surface area contributed by atoms with E-state index in [0.717, 1.165) is 22.2 Å². The summed E-state index contributed by atoms with van der Waals surface area (Å²) in [5.41, 5.74) is 4.65. The first-order chi connectivity index (χ1) is 17.6. The maximum absolute atomic E-state index is 12.7. The van der Waals surface area contributed by atoms with Gasteiger partial charge in [-0.05, 0) is 53.4 Å². The summed E-state index contributed by atoms with van der Waals surface area (Å²) in [5, 5.41) is 10.8. The molecule has 0 atom stereocenters. The molecule has 6 rings (SSSR count). The van der Waals surface area contributed by atoms with Gasteiger partial charge in [0.25, 0.3) is 5.91 Å². The number of benzene rings is 3. The predicted octanol–water partition coefficient (Wildman–Crippen LogP) is 4.32. The molecule has 36 heavy (non-hydrogen) atoms. The van der Waals surface area contributed by atoms with Crippen LogP contribution in [0.15, 0.2) is 85.6 Å². The number of amides is 3. The second-order valence-electron chi connectivity index (χ2n) is 8.32. The number of aromatic nitrogens is 4. The highest BCUT2D eigenvalue weighted by atomic mass is 16.5. The van der Waals surface area contributed by atoms with Crippen LogP contribution in [0.25, 0.3) is 16.6 Å². The van der Waals surface area contributed by atoms with E-state index in [4.69, 9.17) is 4.74 Å². The number of nitrogens with one attached hydrogen (secondary N) is 3. The van der Waals surface area contributed by atoms with Gasteiger partial charge in [-0.15, -0.1) is 0 Å². The molecule has 2 aromatic heterocycles. The fraction of sp³-hybridized carbons (Fsp3) is 0.0769. The summed E-state index contributed by atoms with van der Waals surface area (Å²) in [5.74, 6) is 0.389. The molecule has 0 radical (unpaired) electrons. The van der Waals surface area contributed by atoms with Gasteiger partial charge in [0, 0.05) is 29.2 Å². The normalized spacial score (nSPS) is 12.8. The Morgan fingerprint density at radius 3 is 2.61 bits per heavy atom. The molecular formula is C26H21N7O3. The van der Waals surface area contributed by atoms with Crippen LogP contribution in [0.2, 0.25) is 0 Å². The van der Waals surface area contributed by atoms with Gasteiger partial charge in [0.1, 0.15) is 18.4 Å². The fourth-order valence-corrected chi connectivity index (χ4v) is 4.15. The molecule has 3 amide bonds. The van der Waals surface area contributed by atoms with Gasteiger partial charge in [0.15, 0.2) is 6.61 Å². The number of H-pyrrole nitrogens is 1. The van der Waals surface area contributed by atoms with E-state index in [-0.39, 0.29) is 18.5 Å². The second kappa shape index (κ2) is 8.91. The van der Waals surface area contributed by atoms with Crippen LogP contribution in [-0.4, -0.2) is 38.3 Å². The Morgan fingerprint density at radius 2 is 1.81 bits per heavy atom. The van der Waals surface area contributed by atoms with Crippen molar-refractivity contribution in [3.05, 3.63) is 91.1 Å². The molecule has 0 fully saturated rings. The average Bonchev–Trinajstić information content (AvgIpc) is 3.58. The lowest BCUT2D eigenvalue weighted by atomic mass is 10.1. The third-order valence-corrected chi connectivity index (χ3v) is 5.93. The Kier molecular flexibility index (Phi) is 5.30. The number of rotatable bonds is 5. The molecule has 3 aromatic carbocycles. The smallest absolute Gasteiger partial charge is 0.323 e. The summed E-state index contributed by atoms with van der Waals surface area (Å²) in [6.07, 6.45) is 4.96. The number of carbonyl (C=O) groups excluding carboxylic acids is 2. The monoisotopic (exact) mass is 479 g/mol. The van der Waals surface area contributed by atoms with Crippen LogP contribution >= 0.6 is 0 Å². The van der Waals surface area contributed by atoms with Gasteiger partial charge in [-0.3, -0.25) is 4.79 Å². The van der Waals surface area contributed by atoms with E-state index < -0.39 is 0 Å². The van der Waals surface area contributed by atoms with Crippen LogP contribution in [-0.2, 0) is 11.3 Å². The van der Waals surface area contributed by atoms with Crippen LogP contribution in [0.3, 0.4) is 0 Å². The lowest BCUT2D eigenvalue weighted by Crippen LogP contribution is -2.38. The third-order valence-electron chi connectivity index (χ3n) is 5.93. The number of anilines is 3. The summed E-state index contributed by atoms with van der Waals surface area (Å²) in [7, 11) is 0. The molecule has 0 saturated heterocycles. The summed E-state index contributed by atoms with van der Waals surface area (Å²) < 4.78 is 7.33. The molecule has 0 unspecified atom stereocenters. The first-order valence-corrected chi connectivity index (χ1v) is 11.3. The van der Waals surface area contributed by atoms with E-state index in [0.29, 0.717) is 29.4 Å². The number of hydrogen-bond acceptors (Lipinski definition) is 5. The van der Waals surface area contributed by atoms with Gasteiger partial charge in [-0.2, -0.15) is 5.10 Å². The third kappa shape index (κ3) is 4.23. The Hall–Kier alpha value is -5.12. The van der Waals surface area contributed by atoms with Gasteiger partial charge < -0.3 is 25.3 Å². The molecule has 0 spiro atoms. The molecule has 1 aliphatic heterocycles. The number of fused-ring (bicyclic) bond motifs is 2. The first-order valence-electron chi connectivity index (χ1n) is 11.3. The van der Waals surface area contributed by atoms with Crippen molar-refractivity contribution in [2.24, 2.45) is 0 Å². The Bertz CT molecular complexity index is 1560. The Labute approximate surface area is 205 Å². The zero-order valence-corrected chi connectivity index (χ0v) is 19.0. The Morgan fingerprint density at radius 1 is 1.00 bits per heavy atom. The summed E-state index contributed by atoms with van der Waals surface area (Å²) >= 11 is 0. The number of ether oxygens (including phenoxy) is 1. The summed E-state index contributed by atoms with van der Waals surface area (Å²) in [6, 6.07) is 20.2. The van der Waals surface area contributed by atoms with E-state index in [1.165, 1.54) is 6.33 Å². The van der Waals surface area contributed by atoms with E-state index in [9.17, 15) is 9.59 Å². The van der Waals surface area contributed by atoms with E-state index in [2.05, 4.69) is 25.7 Å². The molecule has 0 bridgehead atoms. The standard InChI is InChI=1S/C26H21N7O3/c34-25-14-36-24-12-20(31-26(35)30-19-4-3-18-9-10-28-22(18)11-19)5-8-23(24)32(25)13-17-1-6-21(7-2-17)33-16-27-15-29-33/h1-12,15-16,28H,13-14H2,(H2,30,31,35). The van der Waals surface area contributed by atoms with Gasteiger partial charge in [0.05, 0.1) is 17.9 Å². The van der Waals surface area contributed by atoms with Crippen LogP contribution < -0.4 is 20.3 Å². The Balaban J connectivity index is 1.15. The second-order valence-corrected chi connectivity index (χ2v) is 8.32. The molecule has 0 saturated carbocycles. The van der Waals surface area contributed by atoms with Crippen molar-refractivity contribution in [2.45, 2.75) is 6.54 Å². The lowest BCUT2D eigenvalue weighted by molar-refractivity contribution is -0.121. The van der Waals surface area contributed by atoms with Crippen molar-refractivity contribution >= 4 is 39.9 Å². The van der Waals surface area contributed by atoms with Gasteiger partial charge in [-0.25, -0.2) is 14.5 Å². The quantitative estimate of drug-likeness (QED) is 0.347. The highest BCUT2D eigenvalue weighted by molar-refractivity contribution is 6.02. The largest absolute Gasteiger partial charge is 0.481 e. The number of aromatic amines is 1. The number of nitrogens with zero attached hydrogens (tertiary/aromatic N) is 4. The molecule has 1 aliphatic rings. The molecule has 10 heteroatoms. The number of carbonyl (C=O) groups is 2. The molecular weight excluding hydrogens is 458 g/mol. The lowest BCUT2D eigenvalue weighted by Gasteiger charge is -2.30. The van der Waals surface area contributed by atoms with Gasteiger partial charge >= 0.3 is 6.03 Å². The van der Waals surface area contributed by atoms with Crippen molar-refractivity contribution < 1.29 is 14.3 Å². The fourth-order valence-electron chi connectivity index (χ4n) is 4.15. The molecule has 5 aromatic rings. The maximum atomic E-state index is 12.7. The maximum Gasteiger partial charge on any atom is 0.323 e. The average molecular weight is 480 g/mol. The van der Waals surface area contributed by atoms with Crippen molar-refractivity contribution in [2.75, 3.05) is 22.1 Å². The van der Waals surface area contributed by atoms with Crippen LogP contribution in [0.4, 0.5) is 21.9 Å². The minimum atomic E-state index is -0.378. The van der Waals surface area contributed by atoms with Crippen molar-refractivity contribution in [1.82, 2.24) is 19.7 Å². The van der Waals surface area contributed by atoms with Gasteiger partial charge in [0.2, 0.25) is 0 Å². The van der Waals surface area contributed by atoms with E-state index >= 15 is 0 Å². The zero-order valence-electron chi connectivity index (χ0n) is 19.0. The minimum Gasteiger partial charge on any atom is -0.481 e. The van der Waals surface area contributed by atoms with Crippen LogP contribution in [0.5, 0.6) is 5.75 Å². The van der Waals surface area contributed by atoms with Gasteiger partial charge in [-0.1, -0.05) is 18.2 Å². The molecule has 10 nitrogen and oxygen atoms in total. The predicted molar refractivity (Wildman–Crippen MR) is 135 cm³/mol. The molecule has 3 N–H and O–H groups in total. The van der Waals surface area contributed by atoms with Crippen molar-refractivity contribution in [3.63, 3.8) is 0 Å². The highest BCUT2D eigenvalue weighted by Crippen LogP contribution is 2.35. The zero-order chi connectivity index (χ0) is 24.5. The SMILES string of the molecule is O=C(Nc1ccc2c(c1)OCC(=O)N2Cc1ccc(-n2cncn2)cc1)Nc1ccc2cc[nH]c2c1. The van der Waals surface area contributed by atoms with E-state index in [1.807, 2.05) is 54.7 Å². The topological polar surface area (TPSA) is 117 Å². The summed E-state index contributed by atoms with van der Waals surface area (Å²) in [6.45, 7) is 0.317. The molecule has 0 aliphatic carbocycles. The van der Waals surface area contributed by atoms with E-state index in [1.54, 1.807) is 34.1 Å². The number of urea groups is 1. The van der Waals surface area contributed by atoms with Crippen molar-refractivity contribution in [3.8, 4) is 11.4 Å². The first kappa shape index (κ1) is 21.4. The van der Waals surface area contributed by atoms with Crippen LogP contribution in [0.1, 0.15) is 5.56 Å². The molecule has 178 valence electrons. The van der Waals surface area contributed by atoms with Crippen LogP contribution in [0, 0.1) is 0 Å². The highest BCUT2D eigenvalue weighted by Gasteiger charge is 2.26. The van der Waals surface area contributed by atoms with Crippen molar-refractivity contribution in [1.29, 1.82) is 0 Å².